The van der Waals surface area contributed by atoms with E-state index in [0.29, 0.717) is 17.6 Å². The van der Waals surface area contributed by atoms with Crippen LogP contribution in [0.15, 0.2) is 12.2 Å². The molecule has 0 aromatic heterocycles. The molecule has 0 aromatic carbocycles. The lowest BCUT2D eigenvalue weighted by atomic mass is 10.1. The number of carbonyl (C=O) groups is 1. The number of hydrogen-bond donors (Lipinski definition) is 1. The molecule has 0 fully saturated rings. The smallest absolute Gasteiger partial charge is 0.121 e. The summed E-state index contributed by atoms with van der Waals surface area (Å²) in [6.45, 7) is 9.60. The number of aliphatic carboxylic acids is 1. The van der Waals surface area contributed by atoms with E-state index in [1.165, 1.54) is 0 Å². The van der Waals surface area contributed by atoms with Gasteiger partial charge in [0.15, 0.2) is 0 Å². The van der Waals surface area contributed by atoms with Crippen LogP contribution in [-0.4, -0.2) is 47.8 Å². The van der Waals surface area contributed by atoms with Gasteiger partial charge in [-0.25, -0.2) is 0 Å². The predicted octanol–water partition coefficient (Wildman–Crippen LogP) is 3.43. The number of carbonyl (C=O) groups excluding carboxylic acids is 1. The molecule has 25 heavy (non-hydrogen) atoms. The highest BCUT2D eigenvalue weighted by Crippen LogP contribution is 2.17. The van der Waals surface area contributed by atoms with Crippen LogP contribution in [0.1, 0.15) is 85.0 Å². The maximum absolute atomic E-state index is 11.0. The van der Waals surface area contributed by atoms with Gasteiger partial charge in [-0.3, -0.25) is 0 Å². The van der Waals surface area contributed by atoms with E-state index < -0.39 is 12.1 Å². The van der Waals surface area contributed by atoms with Crippen molar-refractivity contribution in [2.75, 3.05) is 26.2 Å². The molecule has 1 unspecified atom stereocenters. The molecular formula is C21H41NO3. The van der Waals surface area contributed by atoms with Crippen molar-refractivity contribution in [2.45, 2.75) is 91.1 Å². The second kappa shape index (κ2) is 15.4. The fraction of sp³-hybridized carbons (Fsp3) is 0.857. The van der Waals surface area contributed by atoms with Crippen molar-refractivity contribution in [3.05, 3.63) is 12.2 Å². The Balaban J connectivity index is 4.96. The van der Waals surface area contributed by atoms with Crippen molar-refractivity contribution in [3.63, 3.8) is 0 Å². The van der Waals surface area contributed by atoms with Gasteiger partial charge >= 0.3 is 0 Å². The highest BCUT2D eigenvalue weighted by atomic mass is 16.4. The number of carboxylic acid groups (broad SMARTS) is 1. The molecule has 0 saturated heterocycles. The van der Waals surface area contributed by atoms with Gasteiger partial charge in [0.1, 0.15) is 12.6 Å². The first-order chi connectivity index (χ1) is 12.0. The van der Waals surface area contributed by atoms with E-state index in [-0.39, 0.29) is 6.42 Å². The lowest BCUT2D eigenvalue weighted by Crippen LogP contribution is -2.54. The van der Waals surface area contributed by atoms with Crippen molar-refractivity contribution < 1.29 is 19.5 Å². The largest absolute Gasteiger partial charge is 0.550 e. The van der Waals surface area contributed by atoms with Gasteiger partial charge < -0.3 is 19.5 Å². The van der Waals surface area contributed by atoms with Crippen LogP contribution in [0.5, 0.6) is 0 Å². The minimum Gasteiger partial charge on any atom is -0.550 e. The maximum Gasteiger partial charge on any atom is 0.121 e. The molecule has 0 rings (SSSR count). The van der Waals surface area contributed by atoms with Gasteiger partial charge in [0.2, 0.25) is 0 Å². The second-order valence-corrected chi connectivity index (χ2v) is 7.37. The van der Waals surface area contributed by atoms with E-state index in [1.54, 1.807) is 0 Å². The highest BCUT2D eigenvalue weighted by Gasteiger charge is 2.28. The molecule has 1 N–H and O–H groups in total. The quantitative estimate of drug-likeness (QED) is 0.247. The number of rotatable bonds is 17. The van der Waals surface area contributed by atoms with Crippen LogP contribution in [0.3, 0.4) is 0 Å². The summed E-state index contributed by atoms with van der Waals surface area (Å²) in [5, 5.41) is 21.5. The molecule has 1 atom stereocenters. The minimum absolute atomic E-state index is 0.0739. The predicted molar refractivity (Wildman–Crippen MR) is 103 cm³/mol. The topological polar surface area (TPSA) is 60.4 Å². The van der Waals surface area contributed by atoms with E-state index in [2.05, 4.69) is 26.8 Å². The van der Waals surface area contributed by atoms with Crippen molar-refractivity contribution in [1.82, 2.24) is 0 Å². The molecule has 0 bridgehead atoms. The Labute approximate surface area is 155 Å². The normalized spacial score (nSPS) is 13.4. The third-order valence-corrected chi connectivity index (χ3v) is 4.92. The molecule has 4 heteroatoms. The summed E-state index contributed by atoms with van der Waals surface area (Å²) in [5.74, 6) is -0.985. The van der Waals surface area contributed by atoms with E-state index >= 15 is 0 Å². The summed E-state index contributed by atoms with van der Waals surface area (Å²) in [7, 11) is 0. The third-order valence-electron chi connectivity index (χ3n) is 4.92. The summed E-state index contributed by atoms with van der Waals surface area (Å²) < 4.78 is 0.702. The zero-order valence-electron chi connectivity index (χ0n) is 16.8. The number of carboxylic acids is 1. The fourth-order valence-corrected chi connectivity index (χ4v) is 3.37. The van der Waals surface area contributed by atoms with E-state index in [0.717, 1.165) is 70.9 Å². The van der Waals surface area contributed by atoms with Gasteiger partial charge in [-0.1, -0.05) is 58.6 Å². The summed E-state index contributed by atoms with van der Waals surface area (Å²) in [4.78, 5) is 11.0. The number of aliphatic hydroxyl groups is 1. The monoisotopic (exact) mass is 355 g/mol. The second-order valence-electron chi connectivity index (χ2n) is 7.37. The number of quaternary nitrogens is 1. The molecule has 0 aromatic rings. The lowest BCUT2D eigenvalue weighted by molar-refractivity contribution is -0.930. The van der Waals surface area contributed by atoms with Gasteiger partial charge in [-0.2, -0.15) is 0 Å². The Morgan fingerprint density at radius 1 is 0.960 bits per heavy atom. The van der Waals surface area contributed by atoms with Crippen molar-refractivity contribution >= 4 is 5.97 Å². The Kier molecular flexibility index (Phi) is 14.9. The highest BCUT2D eigenvalue weighted by molar-refractivity contribution is 5.64. The first kappa shape index (κ1) is 24.1. The molecular weight excluding hydrogens is 314 g/mol. The summed E-state index contributed by atoms with van der Waals surface area (Å²) >= 11 is 0. The Bertz CT molecular complexity index is 345. The Hall–Kier alpha value is -0.870. The molecule has 0 aliphatic carbocycles. The molecule has 0 aliphatic rings. The first-order valence-electron chi connectivity index (χ1n) is 10.4. The molecule has 148 valence electrons. The van der Waals surface area contributed by atoms with Crippen LogP contribution in [0.25, 0.3) is 0 Å². The number of aliphatic hydroxyl groups excluding tert-OH is 1. The number of nitrogens with zero attached hydrogens (tertiary/aromatic N) is 1. The van der Waals surface area contributed by atoms with Crippen LogP contribution < -0.4 is 5.11 Å². The lowest BCUT2D eigenvalue weighted by Gasteiger charge is -2.40. The molecule has 4 nitrogen and oxygen atoms in total. The zero-order valence-corrected chi connectivity index (χ0v) is 16.8. The Morgan fingerprint density at radius 2 is 1.52 bits per heavy atom. The van der Waals surface area contributed by atoms with Gasteiger partial charge in [0.25, 0.3) is 0 Å². The number of hydrogen-bond acceptors (Lipinski definition) is 3. The summed E-state index contributed by atoms with van der Waals surface area (Å²) in [6, 6.07) is 0. The third kappa shape index (κ3) is 13.1. The number of allylic oxidation sites excluding steroid dienone is 1. The first-order valence-corrected chi connectivity index (χ1v) is 10.4. The van der Waals surface area contributed by atoms with Gasteiger partial charge in [0.05, 0.1) is 19.6 Å². The van der Waals surface area contributed by atoms with Gasteiger partial charge in [0, 0.05) is 12.4 Å². The Morgan fingerprint density at radius 3 is 2.00 bits per heavy atom. The average molecular weight is 356 g/mol. The van der Waals surface area contributed by atoms with E-state index in [4.69, 9.17) is 0 Å². The van der Waals surface area contributed by atoms with Crippen LogP contribution >= 0.6 is 0 Å². The molecule has 0 heterocycles. The average Bonchev–Trinajstić information content (AvgIpc) is 2.57. The van der Waals surface area contributed by atoms with Crippen LogP contribution in [0.2, 0.25) is 0 Å². The summed E-state index contributed by atoms with van der Waals surface area (Å²) in [6.07, 6.45) is 13.6. The zero-order chi connectivity index (χ0) is 19.0. The summed E-state index contributed by atoms with van der Waals surface area (Å²) in [5.41, 5.74) is 0. The van der Waals surface area contributed by atoms with Crippen LogP contribution in [-0.2, 0) is 4.79 Å². The van der Waals surface area contributed by atoms with Crippen molar-refractivity contribution in [1.29, 1.82) is 0 Å². The molecule has 0 amide bonds. The maximum atomic E-state index is 11.0. The minimum atomic E-state index is -0.985. The standard InChI is InChI=1S/C21H41NO3/c1-4-7-10-11-14-20(23)19-22(16-12-8-5-2,17-13-9-6-3)18-15-21(24)25/h11,14,20,23H,4-10,12-13,15-19H2,1-3H3/b14-11+. The molecule has 0 radical (unpaired) electrons. The number of unbranched alkanes of at least 4 members (excludes halogenated alkanes) is 6. The van der Waals surface area contributed by atoms with Crippen LogP contribution in [0, 0.1) is 0 Å². The van der Waals surface area contributed by atoms with Gasteiger partial charge in [-0.15, -0.1) is 0 Å². The molecule has 0 saturated carbocycles. The van der Waals surface area contributed by atoms with E-state index in [9.17, 15) is 15.0 Å². The SMILES string of the molecule is CCCC/C=C/C(O)C[N+](CCCCC)(CCCCC)CCC(=O)[O-]. The van der Waals surface area contributed by atoms with Crippen molar-refractivity contribution in [3.8, 4) is 0 Å². The van der Waals surface area contributed by atoms with Crippen molar-refractivity contribution in [2.24, 2.45) is 0 Å². The van der Waals surface area contributed by atoms with E-state index in [1.807, 2.05) is 6.08 Å². The van der Waals surface area contributed by atoms with Gasteiger partial charge in [-0.05, 0) is 32.1 Å². The van der Waals surface area contributed by atoms with Crippen LogP contribution in [0.4, 0.5) is 0 Å². The molecule has 0 spiro atoms. The molecule has 0 aliphatic heterocycles. The fourth-order valence-electron chi connectivity index (χ4n) is 3.37.